The summed E-state index contributed by atoms with van der Waals surface area (Å²) in [5.41, 5.74) is -0.160. The summed E-state index contributed by atoms with van der Waals surface area (Å²) in [6.45, 7) is 6.46. The number of quaternary nitrogens is 1. The molecule has 0 aromatic carbocycles. The minimum atomic E-state index is -0.674. The molecule has 0 aromatic rings. The van der Waals surface area contributed by atoms with E-state index in [1.165, 1.54) is 44.9 Å². The molecule has 21 heavy (non-hydrogen) atoms. The van der Waals surface area contributed by atoms with Crippen molar-refractivity contribution in [2.75, 3.05) is 21.1 Å². The number of carboxylic acids is 1. The van der Waals surface area contributed by atoms with Gasteiger partial charge in [0.2, 0.25) is 0 Å². The molecule has 0 fully saturated rings. The van der Waals surface area contributed by atoms with E-state index in [1.54, 1.807) is 0 Å². The second-order valence-electron chi connectivity index (χ2n) is 8.07. The van der Waals surface area contributed by atoms with Crippen LogP contribution in [0.25, 0.3) is 0 Å². The molecule has 0 bridgehead atoms. The first-order valence-electron chi connectivity index (χ1n) is 8.67. The topological polar surface area (TPSA) is 37.3 Å². The van der Waals surface area contributed by atoms with E-state index in [4.69, 9.17) is 0 Å². The lowest BCUT2D eigenvalue weighted by Gasteiger charge is -2.41. The Balaban J connectivity index is 4.09. The minimum absolute atomic E-state index is 0.160. The number of carboxylic acid groups (broad SMARTS) is 1. The highest BCUT2D eigenvalue weighted by Crippen LogP contribution is 2.33. The molecule has 0 rings (SSSR count). The molecule has 0 aliphatic rings. The molecule has 0 aliphatic carbocycles. The van der Waals surface area contributed by atoms with Gasteiger partial charge in [-0.1, -0.05) is 72.1 Å². The summed E-state index contributed by atoms with van der Waals surface area (Å²) in [6.07, 6.45) is 11.4. The first kappa shape index (κ1) is 20.4. The average molecular weight is 301 g/mol. The van der Waals surface area contributed by atoms with Crippen LogP contribution in [0.3, 0.4) is 0 Å². The van der Waals surface area contributed by atoms with Gasteiger partial charge in [0.05, 0.1) is 21.1 Å². The van der Waals surface area contributed by atoms with E-state index in [0.29, 0.717) is 4.48 Å². The molecule has 0 radical (unpaired) electrons. The van der Waals surface area contributed by atoms with E-state index >= 15 is 0 Å². The Kier molecular flexibility index (Phi) is 9.19. The lowest BCUT2D eigenvalue weighted by Crippen LogP contribution is -2.57. The monoisotopic (exact) mass is 300 g/mol. The highest BCUT2D eigenvalue weighted by Gasteiger charge is 2.44. The highest BCUT2D eigenvalue weighted by atomic mass is 16.4. The van der Waals surface area contributed by atoms with Crippen LogP contribution in [-0.4, -0.2) is 42.7 Å². The summed E-state index contributed by atoms with van der Waals surface area (Å²) in [6, 6.07) is -0.345. The van der Waals surface area contributed by atoms with Crippen molar-refractivity contribution in [1.82, 2.24) is 0 Å². The summed E-state index contributed by atoms with van der Waals surface area (Å²) in [4.78, 5) is 11.6. The van der Waals surface area contributed by atoms with Crippen molar-refractivity contribution in [3.05, 3.63) is 0 Å². The molecule has 3 nitrogen and oxygen atoms in total. The molecule has 0 heterocycles. The summed E-state index contributed by atoms with van der Waals surface area (Å²) < 4.78 is 0.485. The van der Waals surface area contributed by atoms with Gasteiger partial charge < -0.3 is 9.59 Å². The van der Waals surface area contributed by atoms with Crippen LogP contribution >= 0.6 is 0 Å². The first-order chi connectivity index (χ1) is 9.63. The second kappa shape index (κ2) is 9.45. The van der Waals surface area contributed by atoms with E-state index in [-0.39, 0.29) is 11.5 Å². The maximum Gasteiger partial charge on any atom is 0.363 e. The zero-order valence-electron chi connectivity index (χ0n) is 15.2. The molecular weight excluding hydrogens is 262 g/mol. The molecule has 0 saturated carbocycles. The van der Waals surface area contributed by atoms with Gasteiger partial charge in [-0.15, -0.1) is 0 Å². The van der Waals surface area contributed by atoms with Crippen molar-refractivity contribution in [3.8, 4) is 0 Å². The number of likely N-dealkylation sites (N-methyl/N-ethyl adjacent to an activating group) is 1. The molecule has 0 spiro atoms. The fourth-order valence-electron chi connectivity index (χ4n) is 3.57. The molecule has 0 aromatic heterocycles. The van der Waals surface area contributed by atoms with Gasteiger partial charge in [0.1, 0.15) is 0 Å². The lowest BCUT2D eigenvalue weighted by molar-refractivity contribution is -0.894. The molecular formula is C18H38NO2+. The second-order valence-corrected chi connectivity index (χ2v) is 8.07. The molecule has 0 amide bonds. The first-order valence-corrected chi connectivity index (χ1v) is 8.67. The number of carbonyl (C=O) groups is 1. The third-order valence-corrected chi connectivity index (χ3v) is 4.42. The third-order valence-electron chi connectivity index (χ3n) is 4.42. The van der Waals surface area contributed by atoms with Crippen LogP contribution in [-0.2, 0) is 4.79 Å². The van der Waals surface area contributed by atoms with Gasteiger partial charge in [0.25, 0.3) is 0 Å². The summed E-state index contributed by atoms with van der Waals surface area (Å²) in [7, 11) is 5.94. The predicted octanol–water partition coefficient (Wildman–Crippen LogP) is 4.70. The third kappa shape index (κ3) is 8.45. The normalized spacial score (nSPS) is 14.2. The zero-order chi connectivity index (χ0) is 16.5. The van der Waals surface area contributed by atoms with Crippen LogP contribution in [0, 0.1) is 5.41 Å². The number of unbranched alkanes of at least 4 members (excludes halogenated alkanes) is 7. The minimum Gasteiger partial charge on any atom is -0.477 e. The smallest absolute Gasteiger partial charge is 0.363 e. The maximum absolute atomic E-state index is 11.6. The molecule has 0 aliphatic heterocycles. The van der Waals surface area contributed by atoms with E-state index < -0.39 is 5.97 Å². The number of rotatable bonds is 12. The maximum atomic E-state index is 11.6. The van der Waals surface area contributed by atoms with Crippen molar-refractivity contribution in [1.29, 1.82) is 0 Å². The number of aliphatic carboxylic acids is 1. The van der Waals surface area contributed by atoms with Gasteiger partial charge in [-0.2, -0.15) is 0 Å². The largest absolute Gasteiger partial charge is 0.477 e. The molecule has 1 atom stereocenters. The Labute approximate surface area is 132 Å². The van der Waals surface area contributed by atoms with Crippen molar-refractivity contribution in [2.24, 2.45) is 5.41 Å². The standard InChI is InChI=1S/C18H37NO2/c1-7-8-9-10-11-12-13-14-15-18(2,3)16(17(20)21)19(4,5)6/h16H,7-15H2,1-6H3/p+1. The number of hydrogen-bond donors (Lipinski definition) is 1. The predicted molar refractivity (Wildman–Crippen MR) is 90.5 cm³/mol. The fourth-order valence-corrected chi connectivity index (χ4v) is 3.57. The van der Waals surface area contributed by atoms with Crippen LogP contribution in [0.15, 0.2) is 0 Å². The Bertz CT molecular complexity index is 292. The van der Waals surface area contributed by atoms with Crippen LogP contribution in [0.1, 0.15) is 78.6 Å². The Morgan fingerprint density at radius 2 is 1.38 bits per heavy atom. The van der Waals surface area contributed by atoms with Crippen molar-refractivity contribution < 1.29 is 14.4 Å². The molecule has 0 saturated heterocycles. The summed E-state index contributed by atoms with van der Waals surface area (Å²) in [5, 5.41) is 9.55. The average Bonchev–Trinajstić information content (AvgIpc) is 2.29. The van der Waals surface area contributed by atoms with Crippen molar-refractivity contribution in [2.45, 2.75) is 84.6 Å². The van der Waals surface area contributed by atoms with E-state index in [9.17, 15) is 9.90 Å². The van der Waals surface area contributed by atoms with Crippen LogP contribution in [0.4, 0.5) is 0 Å². The van der Waals surface area contributed by atoms with Gasteiger partial charge in [-0.05, 0) is 6.42 Å². The van der Waals surface area contributed by atoms with E-state index in [1.807, 2.05) is 21.1 Å². The molecule has 126 valence electrons. The summed E-state index contributed by atoms with van der Waals surface area (Å²) in [5.74, 6) is -0.674. The highest BCUT2D eigenvalue weighted by molar-refractivity contribution is 5.73. The Hall–Kier alpha value is -0.570. The zero-order valence-corrected chi connectivity index (χ0v) is 15.2. The lowest BCUT2D eigenvalue weighted by atomic mass is 9.78. The van der Waals surface area contributed by atoms with Crippen LogP contribution in [0.2, 0.25) is 0 Å². The van der Waals surface area contributed by atoms with Gasteiger partial charge in [-0.3, -0.25) is 0 Å². The quantitative estimate of drug-likeness (QED) is 0.419. The molecule has 1 unspecified atom stereocenters. The summed E-state index contributed by atoms with van der Waals surface area (Å²) >= 11 is 0. The van der Waals surface area contributed by atoms with E-state index in [2.05, 4.69) is 20.8 Å². The Morgan fingerprint density at radius 1 is 0.952 bits per heavy atom. The van der Waals surface area contributed by atoms with Crippen molar-refractivity contribution in [3.63, 3.8) is 0 Å². The molecule has 1 N–H and O–H groups in total. The van der Waals surface area contributed by atoms with Gasteiger partial charge in [-0.25, -0.2) is 4.79 Å². The fraction of sp³-hybridized carbons (Fsp3) is 0.944. The molecule has 3 heteroatoms. The van der Waals surface area contributed by atoms with Crippen LogP contribution in [0.5, 0.6) is 0 Å². The van der Waals surface area contributed by atoms with Gasteiger partial charge in [0.15, 0.2) is 6.04 Å². The van der Waals surface area contributed by atoms with Gasteiger partial charge >= 0.3 is 5.97 Å². The van der Waals surface area contributed by atoms with E-state index in [0.717, 1.165) is 12.8 Å². The van der Waals surface area contributed by atoms with Crippen molar-refractivity contribution >= 4 is 5.97 Å². The number of nitrogens with zero attached hydrogens (tertiary/aromatic N) is 1. The SMILES string of the molecule is CCCCCCCCCCC(C)(C)C(C(=O)O)[N+](C)(C)C. The Morgan fingerprint density at radius 3 is 1.76 bits per heavy atom. The van der Waals surface area contributed by atoms with Crippen LogP contribution < -0.4 is 0 Å². The number of hydrogen-bond acceptors (Lipinski definition) is 1. The van der Waals surface area contributed by atoms with Gasteiger partial charge in [0, 0.05) is 5.41 Å².